The third-order valence-corrected chi connectivity index (χ3v) is 5.56. The van der Waals surface area contributed by atoms with Gasteiger partial charge in [-0.3, -0.25) is 14.5 Å². The van der Waals surface area contributed by atoms with Crippen molar-refractivity contribution < 1.29 is 9.59 Å². The Labute approximate surface area is 166 Å². The van der Waals surface area contributed by atoms with E-state index >= 15 is 0 Å². The molecule has 0 saturated carbocycles. The maximum absolute atomic E-state index is 13.2. The Morgan fingerprint density at radius 3 is 2.86 bits per heavy atom. The number of nitrogens with zero attached hydrogens (tertiary/aromatic N) is 4. The third-order valence-electron chi connectivity index (χ3n) is 4.57. The maximum atomic E-state index is 13.2. The summed E-state index contributed by atoms with van der Waals surface area (Å²) in [7, 11) is 0. The second-order valence-corrected chi connectivity index (χ2v) is 8.18. The third kappa shape index (κ3) is 3.45. The molecule has 0 saturated heterocycles. The Bertz CT molecular complexity index is 1050. The molecule has 28 heavy (non-hydrogen) atoms. The number of rotatable bonds is 3. The van der Waals surface area contributed by atoms with Crippen molar-refractivity contribution >= 4 is 34.1 Å². The van der Waals surface area contributed by atoms with Crippen LogP contribution >= 0.6 is 11.3 Å². The number of amides is 3. The van der Waals surface area contributed by atoms with Gasteiger partial charge in [-0.25, -0.2) is 14.8 Å². The van der Waals surface area contributed by atoms with Gasteiger partial charge in [0, 0.05) is 30.1 Å². The van der Waals surface area contributed by atoms with Crippen LogP contribution in [0, 0.1) is 6.92 Å². The molecule has 3 amide bonds. The average molecular weight is 398 g/mol. The summed E-state index contributed by atoms with van der Waals surface area (Å²) in [5.41, 5.74) is 3.03. The predicted molar refractivity (Wildman–Crippen MR) is 108 cm³/mol. The minimum Gasteiger partial charge on any atom is -0.336 e. The van der Waals surface area contributed by atoms with Crippen molar-refractivity contribution in [2.75, 3.05) is 11.9 Å². The number of carbonyl (C=O) groups excluding carboxylic acids is 2. The number of anilines is 1. The lowest BCUT2D eigenvalue weighted by Gasteiger charge is -2.26. The molecule has 0 radical (unpaired) electrons. The molecule has 146 valence electrons. The van der Waals surface area contributed by atoms with Gasteiger partial charge in [-0.1, -0.05) is 17.4 Å². The first-order valence-electron chi connectivity index (χ1n) is 9.21. The van der Waals surface area contributed by atoms with Crippen molar-refractivity contribution in [3.63, 3.8) is 0 Å². The molecule has 8 nitrogen and oxygen atoms in total. The van der Waals surface area contributed by atoms with Gasteiger partial charge in [0.15, 0.2) is 5.13 Å². The van der Waals surface area contributed by atoms with E-state index in [9.17, 15) is 9.59 Å². The fourth-order valence-corrected chi connectivity index (χ4v) is 4.36. The molecule has 0 unspecified atom stereocenters. The van der Waals surface area contributed by atoms with Gasteiger partial charge in [0.05, 0.1) is 17.9 Å². The summed E-state index contributed by atoms with van der Waals surface area (Å²) < 4.78 is 1.84. The quantitative estimate of drug-likeness (QED) is 0.710. The first-order valence-corrected chi connectivity index (χ1v) is 10.0. The van der Waals surface area contributed by atoms with Crippen LogP contribution in [0.2, 0.25) is 0 Å². The summed E-state index contributed by atoms with van der Waals surface area (Å²) in [6.45, 7) is 6.74. The number of carbonyl (C=O) groups is 2. The topological polar surface area (TPSA) is 91.6 Å². The van der Waals surface area contributed by atoms with E-state index < -0.39 is 0 Å². The molecule has 4 heterocycles. The molecule has 0 spiro atoms. The molecule has 0 aromatic carbocycles. The highest BCUT2D eigenvalue weighted by molar-refractivity contribution is 7.15. The summed E-state index contributed by atoms with van der Waals surface area (Å²) in [4.78, 5) is 36.9. The Balaban J connectivity index is 1.53. The van der Waals surface area contributed by atoms with E-state index in [0.29, 0.717) is 30.3 Å². The van der Waals surface area contributed by atoms with Crippen molar-refractivity contribution in [3.8, 4) is 0 Å². The minimum atomic E-state index is -0.268. The van der Waals surface area contributed by atoms with Gasteiger partial charge in [0.1, 0.15) is 11.3 Å². The molecule has 4 rings (SSSR count). The lowest BCUT2D eigenvalue weighted by Crippen LogP contribution is -2.36. The highest BCUT2D eigenvalue weighted by Gasteiger charge is 2.28. The van der Waals surface area contributed by atoms with Crippen LogP contribution in [0.5, 0.6) is 0 Å². The Hall–Kier alpha value is -2.94. The van der Waals surface area contributed by atoms with E-state index in [2.05, 4.69) is 20.6 Å². The molecule has 1 aliphatic heterocycles. The highest BCUT2D eigenvalue weighted by Crippen LogP contribution is 2.29. The monoisotopic (exact) mass is 398 g/mol. The number of urea groups is 1. The molecule has 0 fully saturated rings. The number of thiazole rings is 1. The minimum absolute atomic E-state index is 0.0395. The summed E-state index contributed by atoms with van der Waals surface area (Å²) >= 11 is 1.42. The van der Waals surface area contributed by atoms with Crippen LogP contribution in [0.15, 0.2) is 24.4 Å². The van der Waals surface area contributed by atoms with E-state index in [4.69, 9.17) is 0 Å². The molecular weight excluding hydrogens is 376 g/mol. The van der Waals surface area contributed by atoms with Crippen molar-refractivity contribution in [1.29, 1.82) is 0 Å². The number of hydrogen-bond donors (Lipinski definition) is 2. The molecule has 0 aliphatic carbocycles. The SMILES string of the molecule is Cc1nc2ccccn2c1C(=O)N1CCc2nc(NC(=O)NC(C)C)sc2C1. The zero-order valence-corrected chi connectivity index (χ0v) is 16.8. The number of hydrogen-bond acceptors (Lipinski definition) is 5. The van der Waals surface area contributed by atoms with Gasteiger partial charge in [-0.05, 0) is 32.9 Å². The van der Waals surface area contributed by atoms with E-state index in [1.807, 2.05) is 54.5 Å². The number of aryl methyl sites for hydroxylation is 1. The van der Waals surface area contributed by atoms with Crippen LogP contribution in [0.1, 0.15) is 40.6 Å². The predicted octanol–water partition coefficient (Wildman–Crippen LogP) is 2.83. The summed E-state index contributed by atoms with van der Waals surface area (Å²) in [6, 6.07) is 5.47. The van der Waals surface area contributed by atoms with E-state index in [-0.39, 0.29) is 18.0 Å². The smallest absolute Gasteiger partial charge is 0.321 e. The van der Waals surface area contributed by atoms with Crippen molar-refractivity contribution in [2.45, 2.75) is 39.8 Å². The van der Waals surface area contributed by atoms with Gasteiger partial charge < -0.3 is 10.2 Å². The van der Waals surface area contributed by atoms with Crippen LogP contribution in [0.4, 0.5) is 9.93 Å². The average Bonchev–Trinajstić information content (AvgIpc) is 3.18. The number of imidazole rings is 1. The van der Waals surface area contributed by atoms with Crippen molar-refractivity contribution in [3.05, 3.63) is 46.4 Å². The Kier molecular flexibility index (Phi) is 4.76. The van der Waals surface area contributed by atoms with Crippen LogP contribution in [-0.4, -0.2) is 43.8 Å². The summed E-state index contributed by atoms with van der Waals surface area (Å²) in [6.07, 6.45) is 2.53. The van der Waals surface area contributed by atoms with Gasteiger partial charge >= 0.3 is 6.03 Å². The Morgan fingerprint density at radius 1 is 1.25 bits per heavy atom. The first-order chi connectivity index (χ1) is 13.4. The van der Waals surface area contributed by atoms with E-state index in [1.54, 1.807) is 0 Å². The summed E-state index contributed by atoms with van der Waals surface area (Å²) in [5, 5.41) is 6.12. The van der Waals surface area contributed by atoms with Crippen molar-refractivity contribution in [2.24, 2.45) is 0 Å². The lowest BCUT2D eigenvalue weighted by molar-refractivity contribution is 0.0728. The first kappa shape index (κ1) is 18.4. The lowest BCUT2D eigenvalue weighted by atomic mass is 10.1. The molecule has 0 bridgehead atoms. The second kappa shape index (κ2) is 7.23. The maximum Gasteiger partial charge on any atom is 0.321 e. The van der Waals surface area contributed by atoms with Gasteiger partial charge in [-0.15, -0.1) is 0 Å². The van der Waals surface area contributed by atoms with Gasteiger partial charge in [0.25, 0.3) is 5.91 Å². The van der Waals surface area contributed by atoms with E-state index in [1.165, 1.54) is 11.3 Å². The second-order valence-electron chi connectivity index (χ2n) is 7.09. The highest BCUT2D eigenvalue weighted by atomic mass is 32.1. The standard InChI is InChI=1S/C19H22N6O2S/c1-11(2)20-18(27)23-19-22-13-7-9-24(10-14(13)28-19)17(26)16-12(3)21-15-6-4-5-8-25(15)16/h4-6,8,11H,7,9-10H2,1-3H3,(H2,20,22,23,27). The van der Waals surface area contributed by atoms with E-state index in [0.717, 1.165) is 21.9 Å². The molecule has 9 heteroatoms. The van der Waals surface area contributed by atoms with Crippen LogP contribution in [0.25, 0.3) is 5.65 Å². The Morgan fingerprint density at radius 2 is 2.07 bits per heavy atom. The molecule has 0 atom stereocenters. The van der Waals surface area contributed by atoms with Crippen LogP contribution < -0.4 is 10.6 Å². The molecule has 1 aliphatic rings. The number of nitrogens with one attached hydrogen (secondary N) is 2. The van der Waals surface area contributed by atoms with Crippen LogP contribution in [0.3, 0.4) is 0 Å². The zero-order chi connectivity index (χ0) is 19.8. The number of fused-ring (bicyclic) bond motifs is 2. The zero-order valence-electron chi connectivity index (χ0n) is 16.0. The molecule has 3 aromatic heterocycles. The van der Waals surface area contributed by atoms with Gasteiger partial charge in [0.2, 0.25) is 0 Å². The normalized spacial score (nSPS) is 13.6. The fourth-order valence-electron chi connectivity index (χ4n) is 3.34. The molecular formula is C19H22N6O2S. The number of pyridine rings is 1. The van der Waals surface area contributed by atoms with Crippen molar-refractivity contribution in [1.82, 2.24) is 24.6 Å². The summed E-state index contributed by atoms with van der Waals surface area (Å²) in [5.74, 6) is -0.0395. The largest absolute Gasteiger partial charge is 0.336 e. The fraction of sp³-hybridized carbons (Fsp3) is 0.368. The number of aromatic nitrogens is 3. The van der Waals surface area contributed by atoms with Crippen LogP contribution in [-0.2, 0) is 13.0 Å². The van der Waals surface area contributed by atoms with Gasteiger partial charge in [-0.2, -0.15) is 0 Å². The molecule has 3 aromatic rings. The molecule has 2 N–H and O–H groups in total.